The van der Waals surface area contributed by atoms with E-state index in [-0.39, 0.29) is 17.1 Å². The first-order valence-corrected chi connectivity index (χ1v) is 10.9. The maximum absolute atomic E-state index is 13.1. The third-order valence-electron chi connectivity index (χ3n) is 5.30. The molecule has 0 aliphatic carbocycles. The molecular formula is C25H17BrClNO4. The molecule has 1 aliphatic heterocycles. The van der Waals surface area contributed by atoms with E-state index in [0.717, 1.165) is 4.47 Å². The van der Waals surface area contributed by atoms with Crippen LogP contribution in [-0.2, 0) is 9.59 Å². The molecule has 4 rings (SSSR count). The minimum atomic E-state index is -0.845. The molecule has 3 aromatic rings. The van der Waals surface area contributed by atoms with Crippen LogP contribution in [0.25, 0.3) is 5.76 Å². The molecule has 7 heteroatoms. The number of anilines is 1. The van der Waals surface area contributed by atoms with Gasteiger partial charge in [-0.3, -0.25) is 19.3 Å². The van der Waals surface area contributed by atoms with Crippen LogP contribution in [-0.4, -0.2) is 22.6 Å². The summed E-state index contributed by atoms with van der Waals surface area (Å²) in [5, 5.41) is 11.5. The smallest absolute Gasteiger partial charge is 0.300 e. The van der Waals surface area contributed by atoms with Crippen molar-refractivity contribution in [3.63, 3.8) is 0 Å². The molecule has 0 spiro atoms. The molecule has 0 aromatic heterocycles. The first-order chi connectivity index (χ1) is 15.3. The van der Waals surface area contributed by atoms with Crippen molar-refractivity contribution in [2.75, 3.05) is 4.90 Å². The third kappa shape index (κ3) is 3.99. The summed E-state index contributed by atoms with van der Waals surface area (Å²) in [7, 11) is 0. The molecule has 0 unspecified atom stereocenters. The van der Waals surface area contributed by atoms with E-state index in [9.17, 15) is 19.5 Å². The lowest BCUT2D eigenvalue weighted by Crippen LogP contribution is -2.29. The Labute approximate surface area is 198 Å². The maximum atomic E-state index is 13.1. The Morgan fingerprint density at radius 1 is 0.906 bits per heavy atom. The van der Waals surface area contributed by atoms with Crippen LogP contribution in [0.4, 0.5) is 5.69 Å². The van der Waals surface area contributed by atoms with Crippen LogP contribution in [0.15, 0.2) is 82.8 Å². The summed E-state index contributed by atoms with van der Waals surface area (Å²) in [5.74, 6) is -1.94. The van der Waals surface area contributed by atoms with Crippen molar-refractivity contribution >= 4 is 56.5 Å². The summed E-state index contributed by atoms with van der Waals surface area (Å²) in [6.45, 7) is 1.45. The fourth-order valence-corrected chi connectivity index (χ4v) is 4.07. The average Bonchev–Trinajstić information content (AvgIpc) is 3.05. The Morgan fingerprint density at radius 2 is 1.47 bits per heavy atom. The van der Waals surface area contributed by atoms with Crippen molar-refractivity contribution in [2.24, 2.45) is 0 Å². The monoisotopic (exact) mass is 509 g/mol. The number of hydrogen-bond donors (Lipinski definition) is 1. The molecule has 1 saturated heterocycles. The Morgan fingerprint density at radius 3 is 2.03 bits per heavy atom. The van der Waals surface area contributed by atoms with Gasteiger partial charge in [0.15, 0.2) is 5.78 Å². The lowest BCUT2D eigenvalue weighted by molar-refractivity contribution is -0.132. The molecule has 5 nitrogen and oxygen atoms in total. The Hall–Kier alpha value is -3.22. The summed E-state index contributed by atoms with van der Waals surface area (Å²) < 4.78 is 0.835. The van der Waals surface area contributed by atoms with Gasteiger partial charge in [-0.1, -0.05) is 39.7 Å². The highest BCUT2D eigenvalue weighted by molar-refractivity contribution is 9.10. The number of aliphatic hydroxyl groups excluding tert-OH is 1. The van der Waals surface area contributed by atoms with Crippen molar-refractivity contribution in [3.8, 4) is 0 Å². The zero-order chi connectivity index (χ0) is 23.0. The number of aliphatic hydroxyl groups is 1. The van der Waals surface area contributed by atoms with Crippen molar-refractivity contribution in [1.29, 1.82) is 0 Å². The highest BCUT2D eigenvalue weighted by Gasteiger charge is 2.46. The van der Waals surface area contributed by atoms with Gasteiger partial charge in [-0.2, -0.15) is 0 Å². The SMILES string of the molecule is CC(=O)c1ccc(N2C(=O)C(=O)C(=C(O)c3ccc(Cl)cc3)[C@H]2c2ccc(Br)cc2)cc1. The number of benzene rings is 3. The normalized spacial score (nSPS) is 17.6. The van der Waals surface area contributed by atoms with Crippen LogP contribution in [0.2, 0.25) is 5.02 Å². The molecule has 1 amide bonds. The average molecular weight is 511 g/mol. The number of carbonyl (C=O) groups excluding carboxylic acids is 3. The van der Waals surface area contributed by atoms with Crippen LogP contribution in [0.5, 0.6) is 0 Å². The molecule has 32 heavy (non-hydrogen) atoms. The van der Waals surface area contributed by atoms with E-state index in [1.807, 2.05) is 0 Å². The van der Waals surface area contributed by atoms with Gasteiger partial charge in [0.05, 0.1) is 11.6 Å². The van der Waals surface area contributed by atoms with Gasteiger partial charge >= 0.3 is 0 Å². The standard InChI is InChI=1S/C25H17BrClNO4/c1-14(29)15-6-12-20(13-7-15)28-22(16-2-8-18(26)9-3-16)21(24(31)25(28)32)23(30)17-4-10-19(27)11-5-17/h2-13,22,30H,1H3/t22-/m1/s1. The van der Waals surface area contributed by atoms with Crippen molar-refractivity contribution < 1.29 is 19.5 Å². The Balaban J connectivity index is 1.91. The van der Waals surface area contributed by atoms with Crippen LogP contribution in [0, 0.1) is 0 Å². The van der Waals surface area contributed by atoms with Gasteiger partial charge in [0, 0.05) is 26.3 Å². The van der Waals surface area contributed by atoms with Crippen LogP contribution in [0.3, 0.4) is 0 Å². The molecule has 1 heterocycles. The summed E-state index contributed by atoms with van der Waals surface area (Å²) in [4.78, 5) is 39.2. The number of amides is 1. The lowest BCUT2D eigenvalue weighted by atomic mass is 9.95. The number of halogens is 2. The highest BCUT2D eigenvalue weighted by Crippen LogP contribution is 2.42. The third-order valence-corrected chi connectivity index (χ3v) is 6.08. The molecular weight excluding hydrogens is 494 g/mol. The largest absolute Gasteiger partial charge is 0.507 e. The first kappa shape index (κ1) is 22.0. The van der Waals surface area contributed by atoms with Crippen molar-refractivity contribution in [1.82, 2.24) is 0 Å². The summed E-state index contributed by atoms with van der Waals surface area (Å²) in [5.41, 5.74) is 1.95. The molecule has 3 aromatic carbocycles. The second-order valence-corrected chi connectivity index (χ2v) is 8.68. The minimum Gasteiger partial charge on any atom is -0.507 e. The van der Waals surface area contributed by atoms with Gasteiger partial charge in [0.2, 0.25) is 0 Å². The fraction of sp³-hybridized carbons (Fsp3) is 0.0800. The van der Waals surface area contributed by atoms with Crippen molar-refractivity contribution in [3.05, 3.63) is 105 Å². The molecule has 0 radical (unpaired) electrons. The maximum Gasteiger partial charge on any atom is 0.300 e. The van der Waals surface area contributed by atoms with Gasteiger partial charge in [-0.15, -0.1) is 0 Å². The summed E-state index contributed by atoms with van der Waals surface area (Å²) in [6.07, 6.45) is 0. The molecule has 0 bridgehead atoms. The van der Waals surface area contributed by atoms with E-state index >= 15 is 0 Å². The number of nitrogens with zero attached hydrogens (tertiary/aromatic N) is 1. The van der Waals surface area contributed by atoms with Gasteiger partial charge in [0.1, 0.15) is 5.76 Å². The van der Waals surface area contributed by atoms with Crippen LogP contribution < -0.4 is 4.90 Å². The second-order valence-electron chi connectivity index (χ2n) is 7.33. The molecule has 160 valence electrons. The Bertz CT molecular complexity index is 1250. The van der Waals surface area contributed by atoms with Crippen LogP contribution in [0.1, 0.15) is 34.5 Å². The highest BCUT2D eigenvalue weighted by atomic mass is 79.9. The van der Waals surface area contributed by atoms with E-state index in [4.69, 9.17) is 11.6 Å². The molecule has 1 N–H and O–H groups in total. The number of Topliss-reactive ketones (excluding diaryl/α,β-unsaturated/α-hetero) is 2. The first-order valence-electron chi connectivity index (χ1n) is 9.71. The van der Waals surface area contributed by atoms with Gasteiger partial charge in [-0.25, -0.2) is 0 Å². The van der Waals surface area contributed by atoms with E-state index in [2.05, 4.69) is 15.9 Å². The number of hydrogen-bond acceptors (Lipinski definition) is 4. The summed E-state index contributed by atoms with van der Waals surface area (Å²) in [6, 6.07) is 19.2. The summed E-state index contributed by atoms with van der Waals surface area (Å²) >= 11 is 9.34. The van der Waals surface area contributed by atoms with E-state index < -0.39 is 17.7 Å². The van der Waals surface area contributed by atoms with E-state index in [1.54, 1.807) is 72.8 Å². The topological polar surface area (TPSA) is 74.7 Å². The quantitative estimate of drug-likeness (QED) is 0.204. The fourth-order valence-electron chi connectivity index (χ4n) is 3.68. The molecule has 1 atom stereocenters. The molecule has 1 fully saturated rings. The lowest BCUT2D eigenvalue weighted by Gasteiger charge is -2.25. The minimum absolute atomic E-state index is 0.0183. The Kier molecular flexibility index (Phi) is 6.00. The van der Waals surface area contributed by atoms with E-state index in [0.29, 0.717) is 27.4 Å². The predicted molar refractivity (Wildman–Crippen MR) is 127 cm³/mol. The van der Waals surface area contributed by atoms with E-state index in [1.165, 1.54) is 11.8 Å². The second kappa shape index (κ2) is 8.73. The zero-order valence-electron chi connectivity index (χ0n) is 16.9. The van der Waals surface area contributed by atoms with Crippen molar-refractivity contribution in [2.45, 2.75) is 13.0 Å². The van der Waals surface area contributed by atoms with Crippen LogP contribution >= 0.6 is 27.5 Å². The zero-order valence-corrected chi connectivity index (χ0v) is 19.2. The van der Waals surface area contributed by atoms with Gasteiger partial charge in [-0.05, 0) is 73.2 Å². The predicted octanol–water partition coefficient (Wildman–Crippen LogP) is 5.93. The number of ketones is 2. The molecule has 0 saturated carbocycles. The van der Waals surface area contributed by atoms with Gasteiger partial charge < -0.3 is 5.11 Å². The van der Waals surface area contributed by atoms with Gasteiger partial charge in [0.25, 0.3) is 11.7 Å². The number of carbonyl (C=O) groups is 3. The molecule has 1 aliphatic rings. The number of rotatable bonds is 4.